The predicted molar refractivity (Wildman–Crippen MR) is 118 cm³/mol. The van der Waals surface area contributed by atoms with Crippen LogP contribution in [0.15, 0.2) is 62.6 Å². The molecule has 0 saturated carbocycles. The third kappa shape index (κ3) is 6.70. The highest BCUT2D eigenvalue weighted by atomic mass is 79.9. The minimum Gasteiger partial charge on any atom is -0.459 e. The number of halogens is 1. The van der Waals surface area contributed by atoms with E-state index in [-0.39, 0.29) is 17.8 Å². The fraction of sp³-hybridized carbons (Fsp3) is 0.238. The van der Waals surface area contributed by atoms with Gasteiger partial charge in [0.15, 0.2) is 0 Å². The molecule has 0 radical (unpaired) electrons. The predicted octanol–water partition coefficient (Wildman–Crippen LogP) is 4.72. The van der Waals surface area contributed by atoms with Gasteiger partial charge in [-0.2, -0.15) is 0 Å². The van der Waals surface area contributed by atoms with Crippen molar-refractivity contribution in [2.75, 3.05) is 11.1 Å². The van der Waals surface area contributed by atoms with Gasteiger partial charge in [0, 0.05) is 10.2 Å². The van der Waals surface area contributed by atoms with Gasteiger partial charge in [0.2, 0.25) is 11.8 Å². The number of ether oxygens (including phenoxy) is 1. The first-order chi connectivity index (χ1) is 14.4. The van der Waals surface area contributed by atoms with Crippen LogP contribution in [0, 0.1) is 0 Å². The Morgan fingerprint density at radius 2 is 1.93 bits per heavy atom. The number of carbonyl (C=O) groups excluding carboxylic acids is 2. The van der Waals surface area contributed by atoms with Crippen molar-refractivity contribution in [3.05, 3.63) is 70.0 Å². The van der Waals surface area contributed by atoms with Crippen molar-refractivity contribution in [1.29, 1.82) is 0 Å². The number of benzene rings is 2. The second kappa shape index (κ2) is 10.4. The highest BCUT2D eigenvalue weighted by Gasteiger charge is 2.13. The summed E-state index contributed by atoms with van der Waals surface area (Å²) < 4.78 is 11.8. The molecule has 3 rings (SSSR count). The minimum absolute atomic E-state index is 0.0978. The highest BCUT2D eigenvalue weighted by molar-refractivity contribution is 9.10. The third-order valence-electron chi connectivity index (χ3n) is 3.77. The molecular formula is C21H20BrN3O4S. The Bertz CT molecular complexity index is 1020. The lowest BCUT2D eigenvalue weighted by molar-refractivity contribution is -0.113. The first-order valence-corrected chi connectivity index (χ1v) is 11.0. The molecule has 0 atom stereocenters. The lowest BCUT2D eigenvalue weighted by atomic mass is 10.2. The molecule has 1 aromatic heterocycles. The van der Waals surface area contributed by atoms with Crippen LogP contribution in [0.1, 0.15) is 35.7 Å². The zero-order valence-corrected chi connectivity index (χ0v) is 18.8. The van der Waals surface area contributed by atoms with Gasteiger partial charge in [0.25, 0.3) is 5.22 Å². The molecule has 0 aliphatic heterocycles. The van der Waals surface area contributed by atoms with Crippen LogP contribution in [-0.4, -0.2) is 33.9 Å². The molecule has 156 valence electrons. The van der Waals surface area contributed by atoms with Crippen molar-refractivity contribution in [1.82, 2.24) is 10.2 Å². The van der Waals surface area contributed by atoms with Crippen molar-refractivity contribution in [3.8, 4) is 0 Å². The Morgan fingerprint density at radius 1 is 1.17 bits per heavy atom. The van der Waals surface area contributed by atoms with Gasteiger partial charge in [-0.1, -0.05) is 45.9 Å². The molecule has 0 bridgehead atoms. The molecule has 1 heterocycles. The van der Waals surface area contributed by atoms with Crippen LogP contribution < -0.4 is 5.32 Å². The van der Waals surface area contributed by atoms with Crippen LogP contribution in [0.2, 0.25) is 0 Å². The van der Waals surface area contributed by atoms with Gasteiger partial charge in [-0.3, -0.25) is 4.79 Å². The van der Waals surface area contributed by atoms with Crippen LogP contribution in [0.3, 0.4) is 0 Å². The van der Waals surface area contributed by atoms with E-state index in [1.54, 1.807) is 38.1 Å². The summed E-state index contributed by atoms with van der Waals surface area (Å²) in [6.07, 6.45) is 0.307. The van der Waals surface area contributed by atoms with Gasteiger partial charge >= 0.3 is 5.97 Å². The van der Waals surface area contributed by atoms with Gasteiger partial charge in [-0.25, -0.2) is 4.79 Å². The molecule has 0 aliphatic carbocycles. The van der Waals surface area contributed by atoms with Crippen molar-refractivity contribution >= 4 is 45.3 Å². The molecule has 7 nitrogen and oxygen atoms in total. The maximum atomic E-state index is 12.2. The van der Waals surface area contributed by atoms with Gasteiger partial charge in [0.1, 0.15) is 0 Å². The number of hydrogen-bond acceptors (Lipinski definition) is 7. The summed E-state index contributed by atoms with van der Waals surface area (Å²) in [6, 6.07) is 14.5. The van der Waals surface area contributed by atoms with Crippen LogP contribution >= 0.6 is 27.7 Å². The number of thioether (sulfide) groups is 1. The molecule has 1 amide bonds. The Balaban J connectivity index is 1.51. The van der Waals surface area contributed by atoms with Crippen LogP contribution in [0.25, 0.3) is 0 Å². The topological polar surface area (TPSA) is 94.3 Å². The molecule has 30 heavy (non-hydrogen) atoms. The molecule has 0 spiro atoms. The Morgan fingerprint density at radius 3 is 2.67 bits per heavy atom. The zero-order valence-electron chi connectivity index (χ0n) is 16.4. The average molecular weight is 490 g/mol. The van der Waals surface area contributed by atoms with Crippen molar-refractivity contribution in [3.63, 3.8) is 0 Å². The van der Waals surface area contributed by atoms with Gasteiger partial charge in [-0.15, -0.1) is 10.2 Å². The number of nitrogens with one attached hydrogen (secondary N) is 1. The largest absolute Gasteiger partial charge is 0.459 e. The van der Waals surface area contributed by atoms with Crippen LogP contribution in [0.4, 0.5) is 5.69 Å². The van der Waals surface area contributed by atoms with E-state index < -0.39 is 5.97 Å². The van der Waals surface area contributed by atoms with E-state index in [0.29, 0.717) is 28.8 Å². The molecular weight excluding hydrogens is 470 g/mol. The molecule has 3 aromatic rings. The van der Waals surface area contributed by atoms with E-state index in [2.05, 4.69) is 31.4 Å². The Labute approximate surface area is 186 Å². The number of nitrogens with zero attached hydrogens (tertiary/aromatic N) is 2. The maximum absolute atomic E-state index is 12.2. The summed E-state index contributed by atoms with van der Waals surface area (Å²) in [7, 11) is 0. The molecule has 0 saturated heterocycles. The number of hydrogen-bond donors (Lipinski definition) is 1. The van der Waals surface area contributed by atoms with Gasteiger partial charge in [-0.05, 0) is 49.7 Å². The Kier molecular flexibility index (Phi) is 7.64. The van der Waals surface area contributed by atoms with E-state index in [9.17, 15) is 9.59 Å². The SMILES string of the molecule is CC(C)OC(=O)c1cccc(NC(=O)CSc2nnc(Cc3ccc(Br)cc3)o2)c1. The maximum Gasteiger partial charge on any atom is 0.338 e. The normalized spacial score (nSPS) is 10.8. The number of rotatable bonds is 8. The summed E-state index contributed by atoms with van der Waals surface area (Å²) in [5, 5.41) is 11.1. The second-order valence-corrected chi connectivity index (χ2v) is 8.48. The fourth-order valence-corrected chi connectivity index (χ4v) is 3.32. The lowest BCUT2D eigenvalue weighted by Crippen LogP contribution is -2.15. The number of esters is 1. The summed E-state index contributed by atoms with van der Waals surface area (Å²) in [5.74, 6) is -0.0982. The quantitative estimate of drug-likeness (QED) is 0.361. The number of anilines is 1. The molecule has 1 N–H and O–H groups in total. The summed E-state index contributed by atoms with van der Waals surface area (Å²) in [4.78, 5) is 24.2. The number of amides is 1. The van der Waals surface area contributed by atoms with E-state index in [1.165, 1.54) is 0 Å². The van der Waals surface area contributed by atoms with Crippen molar-refractivity contribution < 1.29 is 18.7 Å². The van der Waals surface area contributed by atoms with Crippen molar-refractivity contribution in [2.45, 2.75) is 31.6 Å². The summed E-state index contributed by atoms with van der Waals surface area (Å²) in [5.41, 5.74) is 1.94. The van der Waals surface area contributed by atoms with Gasteiger partial charge < -0.3 is 14.5 Å². The number of aromatic nitrogens is 2. The lowest BCUT2D eigenvalue weighted by Gasteiger charge is -2.09. The minimum atomic E-state index is -0.431. The molecule has 2 aromatic carbocycles. The highest BCUT2D eigenvalue weighted by Crippen LogP contribution is 2.20. The van der Waals surface area contributed by atoms with Gasteiger partial charge in [0.05, 0.1) is 23.8 Å². The Hall–Kier alpha value is -2.65. The first kappa shape index (κ1) is 22.0. The first-order valence-electron chi connectivity index (χ1n) is 9.19. The van der Waals surface area contributed by atoms with E-state index in [0.717, 1.165) is 21.8 Å². The third-order valence-corrected chi connectivity index (χ3v) is 5.12. The fourth-order valence-electron chi connectivity index (χ4n) is 2.48. The molecule has 0 fully saturated rings. The van der Waals surface area contributed by atoms with E-state index in [4.69, 9.17) is 9.15 Å². The monoisotopic (exact) mass is 489 g/mol. The van der Waals surface area contributed by atoms with Crippen molar-refractivity contribution in [2.24, 2.45) is 0 Å². The number of carbonyl (C=O) groups is 2. The summed E-state index contributed by atoms with van der Waals surface area (Å²) >= 11 is 4.55. The van der Waals surface area contributed by atoms with E-state index >= 15 is 0 Å². The second-order valence-electron chi connectivity index (χ2n) is 6.64. The van der Waals surface area contributed by atoms with E-state index in [1.807, 2.05) is 24.3 Å². The summed E-state index contributed by atoms with van der Waals surface area (Å²) in [6.45, 7) is 3.56. The molecule has 0 unspecified atom stereocenters. The standard InChI is InChI=1S/C21H20BrN3O4S/c1-13(2)28-20(27)15-4-3-5-17(11-15)23-18(26)12-30-21-25-24-19(29-21)10-14-6-8-16(22)9-7-14/h3-9,11,13H,10,12H2,1-2H3,(H,23,26). The average Bonchev–Trinajstić information content (AvgIpc) is 3.15. The zero-order chi connectivity index (χ0) is 21.5. The molecule has 0 aliphatic rings. The smallest absolute Gasteiger partial charge is 0.338 e. The van der Waals surface area contributed by atoms with Crippen LogP contribution in [0.5, 0.6) is 0 Å². The molecule has 9 heteroatoms. The van der Waals surface area contributed by atoms with Crippen LogP contribution in [-0.2, 0) is 16.0 Å².